The molecular weight excluding hydrogens is 248 g/mol. The molecule has 2 nitrogen and oxygen atoms in total. The lowest BCUT2D eigenvalue weighted by Gasteiger charge is -1.99. The monoisotopic (exact) mass is 256 g/mol. The Kier molecular flexibility index (Phi) is 3.58. The lowest BCUT2D eigenvalue weighted by molar-refractivity contribution is 0.563. The molecule has 0 radical (unpaired) electrons. The summed E-state index contributed by atoms with van der Waals surface area (Å²) in [6, 6.07) is 11.5. The lowest BCUT2D eigenvalue weighted by Crippen LogP contribution is -1.85. The van der Waals surface area contributed by atoms with Gasteiger partial charge in [-0.3, -0.25) is 0 Å². The molecule has 5 heteroatoms. The van der Waals surface area contributed by atoms with Crippen LogP contribution in [-0.4, -0.2) is 8.76 Å². The molecule has 0 aliphatic heterocycles. The molecule has 1 atom stereocenters. The van der Waals surface area contributed by atoms with E-state index in [4.69, 9.17) is 4.55 Å². The van der Waals surface area contributed by atoms with Crippen LogP contribution in [0.3, 0.4) is 0 Å². The van der Waals surface area contributed by atoms with Gasteiger partial charge in [-0.1, -0.05) is 30.0 Å². The van der Waals surface area contributed by atoms with E-state index in [-0.39, 0.29) is 0 Å². The van der Waals surface area contributed by atoms with Crippen molar-refractivity contribution >= 4 is 34.2 Å². The van der Waals surface area contributed by atoms with Crippen LogP contribution in [0.1, 0.15) is 0 Å². The second-order valence-electron chi connectivity index (χ2n) is 2.74. The summed E-state index contributed by atoms with van der Waals surface area (Å²) in [4.78, 5) is 1.57. The zero-order chi connectivity index (χ0) is 10.7. The van der Waals surface area contributed by atoms with E-state index in [0.717, 1.165) is 9.10 Å². The highest BCUT2D eigenvalue weighted by Crippen LogP contribution is 2.35. The molecule has 1 aromatic heterocycles. The third-order valence-corrected chi connectivity index (χ3v) is 4.87. The Morgan fingerprint density at radius 2 is 1.93 bits per heavy atom. The summed E-state index contributed by atoms with van der Waals surface area (Å²) in [6.45, 7) is 0. The van der Waals surface area contributed by atoms with Gasteiger partial charge < -0.3 is 4.55 Å². The summed E-state index contributed by atoms with van der Waals surface area (Å²) in [5.74, 6) is 0. The van der Waals surface area contributed by atoms with Gasteiger partial charge in [-0.2, -0.15) is 0 Å². The van der Waals surface area contributed by atoms with Crippen molar-refractivity contribution < 1.29 is 8.76 Å². The number of benzene rings is 1. The highest BCUT2D eigenvalue weighted by Gasteiger charge is 2.10. The van der Waals surface area contributed by atoms with E-state index in [1.54, 1.807) is 6.07 Å². The largest absolute Gasteiger partial charge is 0.302 e. The Morgan fingerprint density at radius 1 is 1.20 bits per heavy atom. The van der Waals surface area contributed by atoms with Crippen molar-refractivity contribution in [1.29, 1.82) is 0 Å². The third kappa shape index (κ3) is 2.69. The highest BCUT2D eigenvalue weighted by atomic mass is 32.2. The molecule has 2 rings (SSSR count). The molecule has 1 unspecified atom stereocenters. The Morgan fingerprint density at radius 3 is 2.60 bits per heavy atom. The minimum absolute atomic E-state index is 0.494. The van der Waals surface area contributed by atoms with E-state index in [9.17, 15) is 4.21 Å². The fourth-order valence-electron chi connectivity index (χ4n) is 1.08. The van der Waals surface area contributed by atoms with E-state index >= 15 is 0 Å². The van der Waals surface area contributed by atoms with E-state index in [2.05, 4.69) is 0 Å². The second-order valence-corrected chi connectivity index (χ2v) is 5.93. The quantitative estimate of drug-likeness (QED) is 0.854. The molecule has 78 valence electrons. The summed E-state index contributed by atoms with van der Waals surface area (Å²) < 4.78 is 20.9. The van der Waals surface area contributed by atoms with Crippen molar-refractivity contribution in [3.8, 4) is 0 Å². The first-order valence-corrected chi connectivity index (χ1v) is 6.99. The van der Waals surface area contributed by atoms with Crippen molar-refractivity contribution in [3.05, 3.63) is 41.8 Å². The fourth-order valence-corrected chi connectivity index (χ4v) is 4.03. The molecule has 0 saturated carbocycles. The van der Waals surface area contributed by atoms with Crippen LogP contribution >= 0.6 is 23.1 Å². The topological polar surface area (TPSA) is 37.3 Å². The molecule has 1 N–H and O–H groups in total. The Balaban J connectivity index is 2.25. The molecule has 1 heterocycles. The van der Waals surface area contributed by atoms with Crippen molar-refractivity contribution in [3.63, 3.8) is 0 Å². The van der Waals surface area contributed by atoms with E-state index in [0.29, 0.717) is 4.90 Å². The maximum atomic E-state index is 11.0. The molecule has 0 amide bonds. The van der Waals surface area contributed by atoms with Crippen molar-refractivity contribution in [2.24, 2.45) is 0 Å². The fraction of sp³-hybridized carbons (Fsp3) is 0. The summed E-state index contributed by atoms with van der Waals surface area (Å²) in [5.41, 5.74) is 0. The maximum absolute atomic E-state index is 11.0. The Labute approximate surface area is 98.6 Å². The minimum atomic E-state index is -1.89. The molecule has 0 bridgehead atoms. The predicted molar refractivity (Wildman–Crippen MR) is 63.9 cm³/mol. The maximum Gasteiger partial charge on any atom is 0.188 e. The number of hydrogen-bond donors (Lipinski definition) is 1. The standard InChI is InChI=1S/C10H8O2S3/c11-15(12)9-6-7-13-10(9)14-8-4-2-1-3-5-8/h1-7H,(H,11,12). The number of rotatable bonds is 3. The van der Waals surface area contributed by atoms with Crippen LogP contribution in [0.15, 0.2) is 55.8 Å². The minimum Gasteiger partial charge on any atom is -0.302 e. The van der Waals surface area contributed by atoms with Gasteiger partial charge in [-0.25, -0.2) is 4.21 Å². The van der Waals surface area contributed by atoms with Gasteiger partial charge in [0.1, 0.15) is 0 Å². The van der Waals surface area contributed by atoms with Gasteiger partial charge in [0.15, 0.2) is 11.1 Å². The van der Waals surface area contributed by atoms with Crippen molar-refractivity contribution in [2.75, 3.05) is 0 Å². The van der Waals surface area contributed by atoms with Crippen LogP contribution in [0.4, 0.5) is 0 Å². The zero-order valence-corrected chi connectivity index (χ0v) is 10.1. The van der Waals surface area contributed by atoms with Crippen LogP contribution in [-0.2, 0) is 11.1 Å². The SMILES string of the molecule is O=S(O)c1ccsc1Sc1ccccc1. The Bertz CT molecular complexity index is 465. The van der Waals surface area contributed by atoms with Gasteiger partial charge in [0, 0.05) is 4.90 Å². The van der Waals surface area contributed by atoms with Gasteiger partial charge in [0.2, 0.25) is 0 Å². The van der Waals surface area contributed by atoms with Gasteiger partial charge >= 0.3 is 0 Å². The summed E-state index contributed by atoms with van der Waals surface area (Å²) >= 11 is 1.10. The van der Waals surface area contributed by atoms with E-state index in [1.165, 1.54) is 23.1 Å². The normalized spacial score (nSPS) is 12.6. The van der Waals surface area contributed by atoms with Gasteiger partial charge in [0.25, 0.3) is 0 Å². The molecule has 0 aliphatic rings. The van der Waals surface area contributed by atoms with Crippen molar-refractivity contribution in [1.82, 2.24) is 0 Å². The first-order valence-electron chi connectivity index (χ1n) is 4.18. The highest BCUT2D eigenvalue weighted by molar-refractivity contribution is 8.01. The first-order chi connectivity index (χ1) is 7.27. The Hall–Kier alpha value is -0.620. The smallest absolute Gasteiger partial charge is 0.188 e. The number of thiophene rings is 1. The van der Waals surface area contributed by atoms with Crippen LogP contribution in [0, 0.1) is 0 Å². The molecule has 1 aromatic carbocycles. The molecule has 0 spiro atoms. The zero-order valence-electron chi connectivity index (χ0n) is 7.62. The van der Waals surface area contributed by atoms with Crippen LogP contribution < -0.4 is 0 Å². The van der Waals surface area contributed by atoms with Crippen LogP contribution in [0.25, 0.3) is 0 Å². The molecule has 15 heavy (non-hydrogen) atoms. The average molecular weight is 256 g/mol. The van der Waals surface area contributed by atoms with Crippen LogP contribution in [0.2, 0.25) is 0 Å². The first kappa shape index (κ1) is 10.9. The van der Waals surface area contributed by atoms with Crippen molar-refractivity contribution in [2.45, 2.75) is 14.0 Å². The molecule has 2 aromatic rings. The predicted octanol–water partition coefficient (Wildman–Crippen LogP) is 3.48. The van der Waals surface area contributed by atoms with Gasteiger partial charge in [-0.05, 0) is 23.6 Å². The lowest BCUT2D eigenvalue weighted by atomic mass is 10.4. The average Bonchev–Trinajstić information content (AvgIpc) is 2.67. The molecule has 0 aliphatic carbocycles. The molecular formula is C10H8O2S3. The number of hydrogen-bond acceptors (Lipinski definition) is 3. The van der Waals surface area contributed by atoms with E-state index in [1.807, 2.05) is 35.7 Å². The second kappa shape index (κ2) is 4.94. The summed E-state index contributed by atoms with van der Waals surface area (Å²) in [5, 5.41) is 1.83. The van der Waals surface area contributed by atoms with Gasteiger partial charge in [-0.15, -0.1) is 11.3 Å². The van der Waals surface area contributed by atoms with Crippen LogP contribution in [0.5, 0.6) is 0 Å². The van der Waals surface area contributed by atoms with E-state index < -0.39 is 11.1 Å². The molecule has 0 saturated heterocycles. The molecule has 0 fully saturated rings. The third-order valence-electron chi connectivity index (χ3n) is 1.74. The summed E-state index contributed by atoms with van der Waals surface area (Å²) in [7, 11) is 0. The van der Waals surface area contributed by atoms with Gasteiger partial charge in [0.05, 0.1) is 9.10 Å². The summed E-state index contributed by atoms with van der Waals surface area (Å²) in [6.07, 6.45) is 0.